The number of aliphatic hydroxyl groups is 2. The molecule has 0 bridgehead atoms. The van der Waals surface area contributed by atoms with Gasteiger partial charge in [0.1, 0.15) is 29.1 Å². The lowest BCUT2D eigenvalue weighted by molar-refractivity contribution is -0.118. The van der Waals surface area contributed by atoms with Crippen LogP contribution in [0.1, 0.15) is 42.1 Å². The normalized spacial score (nSPS) is 21.1. The van der Waals surface area contributed by atoms with Gasteiger partial charge in [-0.2, -0.15) is 0 Å². The van der Waals surface area contributed by atoms with Crippen molar-refractivity contribution in [2.45, 2.75) is 50.5 Å². The van der Waals surface area contributed by atoms with E-state index in [0.717, 1.165) is 5.56 Å². The van der Waals surface area contributed by atoms with Crippen molar-refractivity contribution in [3.63, 3.8) is 0 Å². The summed E-state index contributed by atoms with van der Waals surface area (Å²) in [6.45, 7) is 4.08. The Morgan fingerprint density at radius 2 is 1.88 bits per heavy atom. The highest BCUT2D eigenvalue weighted by atomic mass is 16.5. The number of hydrogen-bond acceptors (Lipinski definition) is 8. The second-order valence-electron chi connectivity index (χ2n) is 10.4. The number of nitrogens with one attached hydrogen (secondary N) is 1. The van der Waals surface area contributed by atoms with Crippen molar-refractivity contribution in [2.24, 2.45) is 0 Å². The van der Waals surface area contributed by atoms with Gasteiger partial charge in [-0.25, -0.2) is 4.79 Å². The van der Waals surface area contributed by atoms with Crippen LogP contribution < -0.4 is 15.7 Å². The standard InChI is InChI=1S/C31H34N2O8/c1-18(2)39-15-7-13-33(30(37)22-16-19-8-3-5-10-24(19)41-31(22)38)23-17-21(29(36)32-12-14-34)26-20-9-4-6-11-25(20)40-28(26)27(23)35/h3-6,8-11,16-18,23,26-28,34-35H,7,12-15H2,1-2H3,(H,32,36)/t23-,26+,27+,28+/m1/s1. The Hall–Kier alpha value is -3.99. The third kappa shape index (κ3) is 5.76. The van der Waals surface area contributed by atoms with Gasteiger partial charge >= 0.3 is 5.63 Å². The van der Waals surface area contributed by atoms with Crippen molar-refractivity contribution in [3.8, 4) is 5.75 Å². The van der Waals surface area contributed by atoms with E-state index in [1.54, 1.807) is 42.5 Å². The maximum atomic E-state index is 14.1. The maximum Gasteiger partial charge on any atom is 0.349 e. The van der Waals surface area contributed by atoms with Crippen LogP contribution in [0.3, 0.4) is 0 Å². The molecule has 10 heteroatoms. The Morgan fingerprint density at radius 1 is 1.12 bits per heavy atom. The van der Waals surface area contributed by atoms with E-state index in [9.17, 15) is 24.6 Å². The van der Waals surface area contributed by atoms with Crippen molar-refractivity contribution in [1.82, 2.24) is 10.2 Å². The zero-order chi connectivity index (χ0) is 29.1. The SMILES string of the molecule is CC(C)OCCCN(C(=O)c1cc2ccccc2oc1=O)[C@@H]1C=C(C(=O)NCCO)[C@@H]2c3ccccc3O[C@@H]2[C@H]1O. The molecule has 0 radical (unpaired) electrons. The van der Waals surface area contributed by atoms with E-state index in [4.69, 9.17) is 13.9 Å². The number of carbonyl (C=O) groups excluding carboxylic acids is 2. The molecule has 0 spiro atoms. The second-order valence-corrected chi connectivity index (χ2v) is 10.4. The quantitative estimate of drug-likeness (QED) is 0.253. The molecule has 216 valence electrons. The first-order chi connectivity index (χ1) is 19.8. The predicted molar refractivity (Wildman–Crippen MR) is 151 cm³/mol. The summed E-state index contributed by atoms with van der Waals surface area (Å²) in [5.74, 6) is -1.12. The van der Waals surface area contributed by atoms with Crippen molar-refractivity contribution in [3.05, 3.63) is 87.8 Å². The molecule has 5 rings (SSSR count). The van der Waals surface area contributed by atoms with Crippen molar-refractivity contribution in [2.75, 3.05) is 26.3 Å². The lowest BCUT2D eigenvalue weighted by Crippen LogP contribution is -2.56. The molecule has 0 saturated heterocycles. The third-order valence-corrected chi connectivity index (χ3v) is 7.36. The van der Waals surface area contributed by atoms with E-state index >= 15 is 0 Å². The average Bonchev–Trinajstić information content (AvgIpc) is 3.36. The predicted octanol–water partition coefficient (Wildman–Crippen LogP) is 2.37. The molecule has 1 aliphatic carbocycles. The lowest BCUT2D eigenvalue weighted by atomic mass is 9.77. The van der Waals surface area contributed by atoms with E-state index in [1.807, 2.05) is 26.0 Å². The van der Waals surface area contributed by atoms with Gasteiger partial charge in [0.05, 0.1) is 24.7 Å². The number of ether oxygens (including phenoxy) is 2. The molecular weight excluding hydrogens is 528 g/mol. The average molecular weight is 563 g/mol. The Balaban J connectivity index is 1.56. The molecule has 2 heterocycles. The molecule has 10 nitrogen and oxygen atoms in total. The van der Waals surface area contributed by atoms with E-state index < -0.39 is 41.6 Å². The highest BCUT2D eigenvalue weighted by Gasteiger charge is 2.50. The molecule has 3 N–H and O–H groups in total. The summed E-state index contributed by atoms with van der Waals surface area (Å²) in [4.78, 5) is 41.7. The maximum absolute atomic E-state index is 14.1. The smallest absolute Gasteiger partial charge is 0.349 e. The summed E-state index contributed by atoms with van der Waals surface area (Å²) in [6.07, 6.45) is -0.0915. The van der Waals surface area contributed by atoms with Gasteiger partial charge in [-0.15, -0.1) is 0 Å². The van der Waals surface area contributed by atoms with Gasteiger partial charge in [0, 0.05) is 36.2 Å². The van der Waals surface area contributed by atoms with Crippen LogP contribution in [0.25, 0.3) is 11.0 Å². The largest absolute Gasteiger partial charge is 0.486 e. The van der Waals surface area contributed by atoms with Gasteiger partial charge in [-0.05, 0) is 44.5 Å². The minimum absolute atomic E-state index is 0.0141. The highest BCUT2D eigenvalue weighted by molar-refractivity contribution is 5.98. The minimum atomic E-state index is -1.22. The molecule has 0 unspecified atom stereocenters. The molecule has 0 fully saturated rings. The molecule has 3 aromatic rings. The zero-order valence-corrected chi connectivity index (χ0v) is 23.0. The molecule has 1 aromatic heterocycles. The Kier molecular flexibility index (Phi) is 8.53. The van der Waals surface area contributed by atoms with E-state index in [2.05, 4.69) is 5.32 Å². The molecule has 2 aliphatic rings. The number of rotatable bonds is 10. The molecule has 1 aliphatic heterocycles. The number of hydrogen-bond donors (Lipinski definition) is 3. The molecule has 2 amide bonds. The van der Waals surface area contributed by atoms with Gasteiger partial charge in [0.2, 0.25) is 5.91 Å². The van der Waals surface area contributed by atoms with Crippen LogP contribution >= 0.6 is 0 Å². The van der Waals surface area contributed by atoms with Gasteiger partial charge in [0.15, 0.2) is 0 Å². The van der Waals surface area contributed by atoms with E-state index in [-0.39, 0.29) is 31.4 Å². The summed E-state index contributed by atoms with van der Waals surface area (Å²) in [6, 6.07) is 14.6. The van der Waals surface area contributed by atoms with E-state index in [0.29, 0.717) is 35.3 Å². The highest BCUT2D eigenvalue weighted by Crippen LogP contribution is 2.47. The number of aliphatic hydroxyl groups excluding tert-OH is 2. The summed E-state index contributed by atoms with van der Waals surface area (Å²) >= 11 is 0. The van der Waals surface area contributed by atoms with Crippen LogP contribution in [0.2, 0.25) is 0 Å². The van der Waals surface area contributed by atoms with Gasteiger partial charge in [0.25, 0.3) is 5.91 Å². The van der Waals surface area contributed by atoms with Crippen LogP contribution in [0.5, 0.6) is 5.75 Å². The Morgan fingerprint density at radius 3 is 2.66 bits per heavy atom. The summed E-state index contributed by atoms with van der Waals surface area (Å²) < 4.78 is 17.3. The number of fused-ring (bicyclic) bond motifs is 4. The minimum Gasteiger partial charge on any atom is -0.486 e. The van der Waals surface area contributed by atoms with Crippen LogP contribution in [-0.4, -0.2) is 77.6 Å². The van der Waals surface area contributed by atoms with Crippen LogP contribution in [0, 0.1) is 0 Å². The van der Waals surface area contributed by atoms with Crippen LogP contribution in [-0.2, 0) is 9.53 Å². The first kappa shape index (κ1) is 28.5. The fourth-order valence-corrected chi connectivity index (χ4v) is 5.50. The second kappa shape index (κ2) is 12.3. The Bertz CT molecular complexity index is 1510. The number of carbonyl (C=O) groups is 2. The number of benzene rings is 2. The fourth-order valence-electron chi connectivity index (χ4n) is 5.50. The van der Waals surface area contributed by atoms with Crippen molar-refractivity contribution < 1.29 is 33.7 Å². The van der Waals surface area contributed by atoms with Gasteiger partial charge in [-0.3, -0.25) is 9.59 Å². The van der Waals surface area contributed by atoms with Crippen molar-refractivity contribution in [1.29, 1.82) is 0 Å². The zero-order valence-electron chi connectivity index (χ0n) is 23.0. The van der Waals surface area contributed by atoms with Gasteiger partial charge in [-0.1, -0.05) is 36.4 Å². The summed E-state index contributed by atoms with van der Waals surface area (Å²) in [5.41, 5.74) is 0.434. The first-order valence-electron chi connectivity index (χ1n) is 13.8. The molecule has 0 saturated carbocycles. The molecule has 4 atom stereocenters. The van der Waals surface area contributed by atoms with Crippen LogP contribution in [0.15, 0.2) is 75.5 Å². The Labute approximate surface area is 237 Å². The topological polar surface area (TPSA) is 139 Å². The molecule has 2 aromatic carbocycles. The number of para-hydroxylation sites is 2. The number of amides is 2. The lowest BCUT2D eigenvalue weighted by Gasteiger charge is -2.40. The molecular formula is C31H34N2O8. The van der Waals surface area contributed by atoms with Gasteiger partial charge < -0.3 is 34.3 Å². The summed E-state index contributed by atoms with van der Waals surface area (Å²) in [7, 11) is 0. The molecule has 41 heavy (non-hydrogen) atoms. The fraction of sp³-hybridized carbons (Fsp3) is 0.387. The van der Waals surface area contributed by atoms with Crippen LogP contribution in [0.4, 0.5) is 0 Å². The number of nitrogens with zero attached hydrogens (tertiary/aromatic N) is 1. The van der Waals surface area contributed by atoms with Crippen molar-refractivity contribution >= 4 is 22.8 Å². The monoisotopic (exact) mass is 562 g/mol. The van der Waals surface area contributed by atoms with E-state index in [1.165, 1.54) is 11.0 Å². The third-order valence-electron chi connectivity index (χ3n) is 7.36. The first-order valence-corrected chi connectivity index (χ1v) is 13.8. The summed E-state index contributed by atoms with van der Waals surface area (Å²) in [5, 5.41) is 24.2.